The molecular weight excluding hydrogens is 344 g/mol. The second-order valence-electron chi connectivity index (χ2n) is 7.66. The molecule has 7 nitrogen and oxygen atoms in total. The van der Waals surface area contributed by atoms with Gasteiger partial charge in [0.2, 0.25) is 11.8 Å². The van der Waals surface area contributed by atoms with Crippen LogP contribution in [-0.4, -0.2) is 77.2 Å². The number of benzene rings is 1. The predicted octanol–water partition coefficient (Wildman–Crippen LogP) is 1.32. The van der Waals surface area contributed by atoms with E-state index in [2.05, 4.69) is 4.98 Å². The van der Waals surface area contributed by atoms with E-state index in [0.29, 0.717) is 18.8 Å². The van der Waals surface area contributed by atoms with Crippen LogP contribution in [0.1, 0.15) is 23.3 Å². The fourth-order valence-corrected chi connectivity index (χ4v) is 4.06. The topological polar surface area (TPSA) is 76.7 Å². The summed E-state index contributed by atoms with van der Waals surface area (Å²) in [5.41, 5.74) is 1.47. The number of hydrogen-bond donors (Lipinski definition) is 1. The van der Waals surface area contributed by atoms with Crippen LogP contribution in [0, 0.1) is 5.92 Å². The number of amides is 3. The second-order valence-corrected chi connectivity index (χ2v) is 7.66. The lowest BCUT2D eigenvalue weighted by Crippen LogP contribution is -2.51. The van der Waals surface area contributed by atoms with Crippen molar-refractivity contribution in [3.8, 4) is 0 Å². The van der Waals surface area contributed by atoms with Gasteiger partial charge in [-0.15, -0.1) is 0 Å². The summed E-state index contributed by atoms with van der Waals surface area (Å²) in [7, 11) is 3.38. The first-order valence-electron chi connectivity index (χ1n) is 9.31. The minimum absolute atomic E-state index is 0.00611. The molecule has 3 saturated heterocycles. The van der Waals surface area contributed by atoms with Crippen molar-refractivity contribution in [2.75, 3.05) is 33.7 Å². The van der Waals surface area contributed by atoms with Gasteiger partial charge < -0.3 is 19.7 Å². The van der Waals surface area contributed by atoms with Crippen LogP contribution >= 0.6 is 0 Å². The fourth-order valence-electron chi connectivity index (χ4n) is 4.06. The van der Waals surface area contributed by atoms with Crippen LogP contribution in [0.15, 0.2) is 30.3 Å². The van der Waals surface area contributed by atoms with Gasteiger partial charge in [-0.05, 0) is 25.0 Å². The van der Waals surface area contributed by atoms with Gasteiger partial charge in [-0.25, -0.2) is 0 Å². The maximum absolute atomic E-state index is 13.1. The van der Waals surface area contributed by atoms with Gasteiger partial charge in [0.25, 0.3) is 5.91 Å². The van der Waals surface area contributed by atoms with Gasteiger partial charge in [0.15, 0.2) is 0 Å². The van der Waals surface area contributed by atoms with Crippen LogP contribution in [-0.2, 0) is 9.59 Å². The van der Waals surface area contributed by atoms with Crippen molar-refractivity contribution in [3.63, 3.8) is 0 Å². The molecule has 7 heteroatoms. The van der Waals surface area contributed by atoms with Crippen LogP contribution in [0.25, 0.3) is 10.9 Å². The molecule has 1 aromatic heterocycles. The summed E-state index contributed by atoms with van der Waals surface area (Å²) < 4.78 is 0. The number of nitrogens with one attached hydrogen (secondary N) is 1. The fraction of sp³-hybridized carbons (Fsp3) is 0.450. The molecule has 0 radical (unpaired) electrons. The van der Waals surface area contributed by atoms with Gasteiger partial charge in [-0.2, -0.15) is 0 Å². The quantitative estimate of drug-likeness (QED) is 0.888. The summed E-state index contributed by atoms with van der Waals surface area (Å²) in [6.45, 7) is 0.967. The third kappa shape index (κ3) is 3.18. The first-order chi connectivity index (χ1) is 12.9. The summed E-state index contributed by atoms with van der Waals surface area (Å²) in [4.78, 5) is 46.1. The first kappa shape index (κ1) is 17.6. The highest BCUT2D eigenvalue weighted by molar-refractivity contribution is 5.98. The van der Waals surface area contributed by atoms with Crippen molar-refractivity contribution in [1.82, 2.24) is 19.7 Å². The van der Waals surface area contributed by atoms with Crippen LogP contribution in [0.2, 0.25) is 0 Å². The number of rotatable bonds is 3. The average molecular weight is 368 g/mol. The smallest absolute Gasteiger partial charge is 0.270 e. The van der Waals surface area contributed by atoms with Crippen molar-refractivity contribution in [2.24, 2.45) is 5.92 Å². The highest BCUT2D eigenvalue weighted by atomic mass is 16.2. The Hall–Kier alpha value is -2.83. The number of nitrogens with zero attached hydrogens (tertiary/aromatic N) is 3. The number of fused-ring (bicyclic) bond motifs is 5. The highest BCUT2D eigenvalue weighted by Crippen LogP contribution is 2.30. The number of carbonyl (C=O) groups excluding carboxylic acids is 3. The molecule has 0 saturated carbocycles. The Kier molecular flexibility index (Phi) is 4.37. The molecule has 3 amide bonds. The maximum atomic E-state index is 13.1. The monoisotopic (exact) mass is 368 g/mol. The zero-order valence-electron chi connectivity index (χ0n) is 15.6. The van der Waals surface area contributed by atoms with Crippen molar-refractivity contribution in [3.05, 3.63) is 36.0 Å². The lowest BCUT2D eigenvalue weighted by molar-refractivity contribution is -0.145. The van der Waals surface area contributed by atoms with E-state index in [4.69, 9.17) is 0 Å². The summed E-state index contributed by atoms with van der Waals surface area (Å²) in [6, 6.07) is 9.53. The largest absolute Gasteiger partial charge is 0.351 e. The molecule has 3 aliphatic heterocycles. The molecule has 2 atom stereocenters. The summed E-state index contributed by atoms with van der Waals surface area (Å²) in [6.07, 6.45) is 1.60. The minimum atomic E-state index is -0.230. The van der Waals surface area contributed by atoms with Gasteiger partial charge in [-0.3, -0.25) is 14.4 Å². The molecule has 27 heavy (non-hydrogen) atoms. The van der Waals surface area contributed by atoms with Crippen molar-refractivity contribution >= 4 is 28.6 Å². The maximum Gasteiger partial charge on any atom is 0.270 e. The third-order valence-corrected chi connectivity index (χ3v) is 5.65. The van der Waals surface area contributed by atoms with E-state index in [1.165, 1.54) is 4.90 Å². The van der Waals surface area contributed by atoms with E-state index < -0.39 is 0 Å². The second kappa shape index (κ2) is 6.72. The highest BCUT2D eigenvalue weighted by Gasteiger charge is 2.42. The van der Waals surface area contributed by atoms with Crippen LogP contribution in [0.4, 0.5) is 0 Å². The van der Waals surface area contributed by atoms with E-state index in [1.54, 1.807) is 23.9 Å². The predicted molar refractivity (Wildman–Crippen MR) is 101 cm³/mol. The number of aromatic nitrogens is 1. The lowest BCUT2D eigenvalue weighted by atomic mass is 9.94. The molecular formula is C20H24N4O3. The Morgan fingerprint density at radius 2 is 1.96 bits per heavy atom. The average Bonchev–Trinajstić information content (AvgIpc) is 2.90. The number of carbonyl (C=O) groups is 3. The lowest BCUT2D eigenvalue weighted by Gasteiger charge is -2.35. The molecule has 0 aliphatic carbocycles. The van der Waals surface area contributed by atoms with E-state index >= 15 is 0 Å². The van der Waals surface area contributed by atoms with Gasteiger partial charge in [0.1, 0.15) is 12.2 Å². The Balaban J connectivity index is 1.56. The molecule has 3 aliphatic rings. The number of hydrogen-bond acceptors (Lipinski definition) is 3. The molecule has 3 fully saturated rings. The van der Waals surface area contributed by atoms with Gasteiger partial charge in [0.05, 0.1) is 5.92 Å². The molecule has 0 unspecified atom stereocenters. The Labute approximate surface area is 157 Å². The van der Waals surface area contributed by atoms with Gasteiger partial charge in [-0.1, -0.05) is 18.2 Å². The number of aromatic amines is 1. The first-order valence-corrected chi connectivity index (χ1v) is 9.31. The molecule has 1 aromatic carbocycles. The van der Waals surface area contributed by atoms with E-state index in [1.807, 2.05) is 30.3 Å². The Bertz CT molecular complexity index is 871. The SMILES string of the molecule is CN(C)C(=O)CN1C(=O)[C@@H]2CC[C@H]1CN(C(=O)c1cc3ccccc3[nH]1)C2. The van der Waals surface area contributed by atoms with Crippen molar-refractivity contribution in [2.45, 2.75) is 18.9 Å². The van der Waals surface area contributed by atoms with Crippen LogP contribution < -0.4 is 0 Å². The number of likely N-dealkylation sites (N-methyl/N-ethyl adjacent to an activating group) is 1. The number of para-hydroxylation sites is 1. The molecule has 1 N–H and O–H groups in total. The molecule has 142 valence electrons. The minimum Gasteiger partial charge on any atom is -0.351 e. The molecule has 2 bridgehead atoms. The summed E-state index contributed by atoms with van der Waals surface area (Å²) in [5, 5.41) is 0.993. The standard InChI is InChI=1S/C20H24N4O3/c1-22(2)18(25)12-24-15-8-7-14(19(24)26)10-23(11-15)20(27)17-9-13-5-3-4-6-16(13)21-17/h3-6,9,14-15,21H,7-8,10-12H2,1-2H3/t14-,15+/m1/s1. The normalized spacial score (nSPS) is 22.2. The molecule has 5 rings (SSSR count). The van der Waals surface area contributed by atoms with E-state index in [0.717, 1.165) is 23.7 Å². The third-order valence-electron chi connectivity index (χ3n) is 5.65. The number of H-pyrrole nitrogens is 1. The molecule has 2 aromatic rings. The van der Waals surface area contributed by atoms with Crippen molar-refractivity contribution < 1.29 is 14.4 Å². The van der Waals surface area contributed by atoms with Crippen LogP contribution in [0.3, 0.4) is 0 Å². The van der Waals surface area contributed by atoms with E-state index in [-0.39, 0.29) is 36.2 Å². The zero-order chi connectivity index (χ0) is 19.1. The Morgan fingerprint density at radius 3 is 2.70 bits per heavy atom. The summed E-state index contributed by atoms with van der Waals surface area (Å²) >= 11 is 0. The van der Waals surface area contributed by atoms with Gasteiger partial charge in [0, 0.05) is 44.1 Å². The Morgan fingerprint density at radius 1 is 1.19 bits per heavy atom. The van der Waals surface area contributed by atoms with E-state index in [9.17, 15) is 14.4 Å². The summed E-state index contributed by atoms with van der Waals surface area (Å²) in [5.74, 6) is -0.415. The molecule has 4 heterocycles. The van der Waals surface area contributed by atoms with Crippen LogP contribution in [0.5, 0.6) is 0 Å². The zero-order valence-corrected chi connectivity index (χ0v) is 15.6. The molecule has 0 spiro atoms. The number of piperidine rings is 1. The van der Waals surface area contributed by atoms with Gasteiger partial charge >= 0.3 is 0 Å². The van der Waals surface area contributed by atoms with Crippen molar-refractivity contribution in [1.29, 1.82) is 0 Å².